The van der Waals surface area contributed by atoms with Crippen LogP contribution in [0.15, 0.2) is 18.2 Å². The summed E-state index contributed by atoms with van der Waals surface area (Å²) in [5, 5.41) is 12.9. The van der Waals surface area contributed by atoms with Crippen LogP contribution in [-0.2, 0) is 12.0 Å². The Kier molecular flexibility index (Phi) is 3.17. The summed E-state index contributed by atoms with van der Waals surface area (Å²) < 4.78 is 5.25. The lowest BCUT2D eigenvalue weighted by molar-refractivity contribution is 0.150. The number of fused-ring (bicyclic) bond motifs is 1. The molecule has 88 valence electrons. The van der Waals surface area contributed by atoms with Crippen molar-refractivity contribution in [1.29, 1.82) is 0 Å². The molecule has 1 unspecified atom stereocenters. The molecule has 2 rings (SSSR count). The van der Waals surface area contributed by atoms with Crippen molar-refractivity contribution < 1.29 is 9.84 Å². The third kappa shape index (κ3) is 1.70. The van der Waals surface area contributed by atoms with E-state index in [2.05, 4.69) is 11.4 Å². The van der Waals surface area contributed by atoms with Crippen molar-refractivity contribution in [2.45, 2.75) is 24.8 Å². The first-order chi connectivity index (χ1) is 7.75. The van der Waals surface area contributed by atoms with Crippen LogP contribution in [0.5, 0.6) is 5.75 Å². The number of aryl methyl sites for hydroxylation is 1. The van der Waals surface area contributed by atoms with E-state index in [0.29, 0.717) is 0 Å². The van der Waals surface area contributed by atoms with Crippen LogP contribution in [0.4, 0.5) is 0 Å². The molecule has 1 atom stereocenters. The quantitative estimate of drug-likeness (QED) is 0.811. The monoisotopic (exact) mass is 221 g/mol. The Morgan fingerprint density at radius 2 is 2.31 bits per heavy atom. The lowest BCUT2D eigenvalue weighted by Gasteiger charge is -2.37. The number of aliphatic hydroxyl groups is 1. The minimum atomic E-state index is -0.290. The molecule has 0 radical (unpaired) electrons. The fourth-order valence-corrected chi connectivity index (χ4v) is 2.56. The molecule has 1 aliphatic carbocycles. The van der Waals surface area contributed by atoms with Gasteiger partial charge in [0.15, 0.2) is 0 Å². The molecular weight excluding hydrogens is 202 g/mol. The van der Waals surface area contributed by atoms with Gasteiger partial charge in [-0.25, -0.2) is 0 Å². The largest absolute Gasteiger partial charge is 0.497 e. The highest BCUT2D eigenvalue weighted by Crippen LogP contribution is 2.36. The number of aliphatic hydroxyl groups excluding tert-OH is 1. The molecule has 1 aromatic rings. The van der Waals surface area contributed by atoms with Gasteiger partial charge in [0.25, 0.3) is 0 Å². The van der Waals surface area contributed by atoms with Gasteiger partial charge < -0.3 is 15.2 Å². The molecule has 0 amide bonds. The molecule has 1 aromatic carbocycles. The van der Waals surface area contributed by atoms with E-state index < -0.39 is 0 Å². The van der Waals surface area contributed by atoms with E-state index >= 15 is 0 Å². The second-order valence-electron chi connectivity index (χ2n) is 4.37. The number of nitrogens with one attached hydrogen (secondary N) is 1. The third-order valence-corrected chi connectivity index (χ3v) is 3.63. The van der Waals surface area contributed by atoms with Crippen molar-refractivity contribution in [3.8, 4) is 5.75 Å². The second-order valence-corrected chi connectivity index (χ2v) is 4.37. The van der Waals surface area contributed by atoms with E-state index in [-0.39, 0.29) is 12.1 Å². The van der Waals surface area contributed by atoms with Crippen LogP contribution >= 0.6 is 0 Å². The number of hydrogen-bond donors (Lipinski definition) is 2. The molecule has 0 bridgehead atoms. The maximum Gasteiger partial charge on any atom is 0.119 e. The zero-order chi connectivity index (χ0) is 11.6. The number of ether oxygens (including phenoxy) is 1. The third-order valence-electron chi connectivity index (χ3n) is 3.63. The van der Waals surface area contributed by atoms with Gasteiger partial charge in [-0.15, -0.1) is 0 Å². The molecular formula is C13H19NO2. The van der Waals surface area contributed by atoms with Gasteiger partial charge in [0.2, 0.25) is 0 Å². The number of benzene rings is 1. The van der Waals surface area contributed by atoms with Crippen molar-refractivity contribution in [3.63, 3.8) is 0 Å². The molecule has 0 spiro atoms. The summed E-state index contributed by atoms with van der Waals surface area (Å²) in [7, 11) is 3.58. The maximum absolute atomic E-state index is 9.65. The molecule has 3 nitrogen and oxygen atoms in total. The molecule has 3 heteroatoms. The fraction of sp³-hybridized carbons (Fsp3) is 0.538. The molecule has 16 heavy (non-hydrogen) atoms. The molecule has 0 heterocycles. The molecule has 2 N–H and O–H groups in total. The van der Waals surface area contributed by atoms with Crippen LogP contribution in [0.3, 0.4) is 0 Å². The zero-order valence-electron chi connectivity index (χ0n) is 9.92. The van der Waals surface area contributed by atoms with Gasteiger partial charge in [0.1, 0.15) is 5.75 Å². The highest BCUT2D eigenvalue weighted by atomic mass is 16.5. The van der Waals surface area contributed by atoms with E-state index in [1.54, 1.807) is 7.11 Å². The van der Waals surface area contributed by atoms with Crippen molar-refractivity contribution in [3.05, 3.63) is 29.3 Å². The highest BCUT2D eigenvalue weighted by molar-refractivity contribution is 5.42. The summed E-state index contributed by atoms with van der Waals surface area (Å²) in [5.41, 5.74) is 2.21. The lowest BCUT2D eigenvalue weighted by atomic mass is 9.77. The van der Waals surface area contributed by atoms with Gasteiger partial charge in [-0.1, -0.05) is 6.07 Å². The van der Waals surface area contributed by atoms with E-state index in [1.165, 1.54) is 11.1 Å². The summed E-state index contributed by atoms with van der Waals surface area (Å²) in [4.78, 5) is 0. The normalized spacial score (nSPS) is 23.9. The highest BCUT2D eigenvalue weighted by Gasteiger charge is 2.34. The molecule has 0 aliphatic heterocycles. The first kappa shape index (κ1) is 11.4. The predicted molar refractivity (Wildman–Crippen MR) is 63.8 cm³/mol. The van der Waals surface area contributed by atoms with Crippen LogP contribution in [0, 0.1) is 0 Å². The van der Waals surface area contributed by atoms with E-state index in [0.717, 1.165) is 25.0 Å². The zero-order valence-corrected chi connectivity index (χ0v) is 9.92. The summed E-state index contributed by atoms with van der Waals surface area (Å²) in [6, 6.07) is 6.14. The van der Waals surface area contributed by atoms with Crippen molar-refractivity contribution in [1.82, 2.24) is 5.32 Å². The Bertz CT molecular complexity index is 372. The summed E-state index contributed by atoms with van der Waals surface area (Å²) >= 11 is 0. The van der Waals surface area contributed by atoms with Gasteiger partial charge >= 0.3 is 0 Å². The van der Waals surface area contributed by atoms with Crippen molar-refractivity contribution in [2.24, 2.45) is 0 Å². The minimum absolute atomic E-state index is 0.129. The van der Waals surface area contributed by atoms with Gasteiger partial charge in [-0.05, 0) is 49.6 Å². The Morgan fingerprint density at radius 1 is 1.50 bits per heavy atom. The number of methoxy groups -OCH3 is 1. The van der Waals surface area contributed by atoms with E-state index in [1.807, 2.05) is 19.2 Å². The molecule has 1 aliphatic rings. The van der Waals surface area contributed by atoms with Gasteiger partial charge in [-0.3, -0.25) is 0 Å². The fourth-order valence-electron chi connectivity index (χ4n) is 2.56. The van der Waals surface area contributed by atoms with Crippen LogP contribution in [0.1, 0.15) is 24.0 Å². The predicted octanol–water partition coefficient (Wildman–Crippen LogP) is 1.44. The van der Waals surface area contributed by atoms with Crippen molar-refractivity contribution in [2.75, 3.05) is 20.8 Å². The summed E-state index contributed by atoms with van der Waals surface area (Å²) in [6.07, 6.45) is 3.17. The summed E-state index contributed by atoms with van der Waals surface area (Å²) in [5.74, 6) is 0.855. The van der Waals surface area contributed by atoms with Gasteiger partial charge in [0.05, 0.1) is 19.3 Å². The average molecular weight is 221 g/mol. The molecule has 0 aromatic heterocycles. The molecule has 0 saturated carbocycles. The van der Waals surface area contributed by atoms with E-state index in [4.69, 9.17) is 4.74 Å². The van der Waals surface area contributed by atoms with Gasteiger partial charge in [-0.2, -0.15) is 0 Å². The molecule has 0 fully saturated rings. The Balaban J connectivity index is 2.50. The summed E-state index contributed by atoms with van der Waals surface area (Å²) in [6.45, 7) is 0.129. The smallest absolute Gasteiger partial charge is 0.119 e. The Labute approximate surface area is 96.4 Å². The number of likely N-dealkylation sites (N-methyl/N-ethyl adjacent to an activating group) is 1. The lowest BCUT2D eigenvalue weighted by Crippen LogP contribution is -2.46. The first-order valence-electron chi connectivity index (χ1n) is 5.73. The van der Waals surface area contributed by atoms with Crippen LogP contribution in [-0.4, -0.2) is 25.9 Å². The Morgan fingerprint density at radius 3 is 2.94 bits per heavy atom. The minimum Gasteiger partial charge on any atom is -0.497 e. The molecule has 0 saturated heterocycles. The second kappa shape index (κ2) is 4.44. The van der Waals surface area contributed by atoms with Crippen LogP contribution in [0.25, 0.3) is 0 Å². The van der Waals surface area contributed by atoms with Crippen LogP contribution < -0.4 is 10.1 Å². The number of hydrogen-bond acceptors (Lipinski definition) is 3. The standard InChI is InChI=1S/C13H19NO2/c1-14-13(9-15)7-3-4-10-5-6-11(16-2)8-12(10)13/h5-6,8,14-15H,3-4,7,9H2,1-2H3. The average Bonchev–Trinajstić information content (AvgIpc) is 2.37. The van der Waals surface area contributed by atoms with Gasteiger partial charge in [0, 0.05) is 0 Å². The van der Waals surface area contributed by atoms with E-state index in [9.17, 15) is 5.11 Å². The topological polar surface area (TPSA) is 41.5 Å². The van der Waals surface area contributed by atoms with Crippen molar-refractivity contribution >= 4 is 0 Å². The first-order valence-corrected chi connectivity index (χ1v) is 5.73. The maximum atomic E-state index is 9.65. The Hall–Kier alpha value is -1.06. The SMILES string of the molecule is CNC1(CO)CCCc2ccc(OC)cc21. The number of rotatable bonds is 3. The van der Waals surface area contributed by atoms with Crippen LogP contribution in [0.2, 0.25) is 0 Å².